The average molecular weight is 279 g/mol. The van der Waals surface area contributed by atoms with Crippen LogP contribution in [-0.2, 0) is 6.54 Å². The third-order valence-corrected chi connectivity index (χ3v) is 3.53. The number of carbonyl (C=O) groups is 1. The molecule has 3 N–H and O–H groups in total. The van der Waals surface area contributed by atoms with E-state index >= 15 is 0 Å². The maximum Gasteiger partial charge on any atom is 0.271 e. The first-order chi connectivity index (χ1) is 9.06. The second-order valence-electron chi connectivity index (χ2n) is 4.17. The van der Waals surface area contributed by atoms with Crippen LogP contribution in [0.1, 0.15) is 34.0 Å². The smallest absolute Gasteiger partial charge is 0.271 e. The van der Waals surface area contributed by atoms with E-state index in [0.717, 1.165) is 5.01 Å². The van der Waals surface area contributed by atoms with E-state index in [1.54, 1.807) is 17.5 Å². The Balaban J connectivity index is 1.97. The second kappa shape index (κ2) is 5.90. The Morgan fingerprint density at radius 1 is 1.58 bits per heavy atom. The average Bonchev–Trinajstić information content (AvgIpc) is 2.86. The minimum atomic E-state index is -0.320. The van der Waals surface area contributed by atoms with Gasteiger partial charge in [0.1, 0.15) is 16.5 Å². The van der Waals surface area contributed by atoms with Crippen LogP contribution in [0.3, 0.4) is 0 Å². The molecule has 0 saturated carbocycles. The van der Waals surface area contributed by atoms with E-state index in [4.69, 9.17) is 5.73 Å². The van der Waals surface area contributed by atoms with Crippen molar-refractivity contribution in [3.63, 3.8) is 0 Å². The summed E-state index contributed by atoms with van der Waals surface area (Å²) in [7, 11) is 0. The molecule has 1 heterocycles. The molecule has 1 aromatic heterocycles. The molecule has 0 fully saturated rings. The minimum Gasteiger partial charge on any atom is -0.347 e. The predicted molar refractivity (Wildman–Crippen MR) is 72.3 cm³/mol. The fourth-order valence-corrected chi connectivity index (χ4v) is 2.28. The van der Waals surface area contributed by atoms with E-state index in [-0.39, 0.29) is 24.3 Å². The molecule has 1 unspecified atom stereocenters. The number of nitrogens with two attached hydrogens (primary N) is 1. The number of benzene rings is 1. The van der Waals surface area contributed by atoms with Gasteiger partial charge in [-0.25, -0.2) is 9.37 Å². The number of aromatic nitrogens is 1. The molecule has 0 aliphatic heterocycles. The van der Waals surface area contributed by atoms with Crippen molar-refractivity contribution in [2.24, 2.45) is 5.73 Å². The summed E-state index contributed by atoms with van der Waals surface area (Å²) in [6.07, 6.45) is 0. The van der Waals surface area contributed by atoms with E-state index in [1.807, 2.05) is 6.92 Å². The Kier molecular flexibility index (Phi) is 4.24. The van der Waals surface area contributed by atoms with Gasteiger partial charge in [0.25, 0.3) is 5.91 Å². The van der Waals surface area contributed by atoms with E-state index in [0.29, 0.717) is 11.3 Å². The highest BCUT2D eigenvalue weighted by Crippen LogP contribution is 2.15. The Bertz CT molecular complexity index is 583. The predicted octanol–water partition coefficient (Wildman–Crippen LogP) is 2.23. The SMILES string of the molecule is CC(N)c1nc(C(=O)NCc2cccc(F)c2)cs1. The number of nitrogens with zero attached hydrogens (tertiary/aromatic N) is 1. The van der Waals surface area contributed by atoms with E-state index in [2.05, 4.69) is 10.3 Å². The summed E-state index contributed by atoms with van der Waals surface area (Å²) in [6, 6.07) is 5.91. The maximum atomic E-state index is 13.0. The third-order valence-electron chi connectivity index (χ3n) is 2.49. The van der Waals surface area contributed by atoms with Crippen LogP contribution < -0.4 is 11.1 Å². The first kappa shape index (κ1) is 13.6. The summed E-state index contributed by atoms with van der Waals surface area (Å²) >= 11 is 1.35. The number of amides is 1. The molecule has 6 heteroatoms. The number of nitrogens with one attached hydrogen (secondary N) is 1. The van der Waals surface area contributed by atoms with Crippen LogP contribution in [0.5, 0.6) is 0 Å². The highest BCUT2D eigenvalue weighted by Gasteiger charge is 2.12. The molecule has 0 spiro atoms. The van der Waals surface area contributed by atoms with Gasteiger partial charge in [-0.2, -0.15) is 0 Å². The fraction of sp³-hybridized carbons (Fsp3) is 0.231. The summed E-state index contributed by atoms with van der Waals surface area (Å²) in [5, 5.41) is 5.08. The Morgan fingerprint density at radius 2 is 2.37 bits per heavy atom. The molecule has 0 bridgehead atoms. The maximum absolute atomic E-state index is 13.0. The van der Waals surface area contributed by atoms with Crippen LogP contribution in [0.4, 0.5) is 4.39 Å². The lowest BCUT2D eigenvalue weighted by Gasteiger charge is -2.03. The zero-order valence-electron chi connectivity index (χ0n) is 10.4. The van der Waals surface area contributed by atoms with Gasteiger partial charge in [0.05, 0.1) is 6.04 Å². The lowest BCUT2D eigenvalue weighted by molar-refractivity contribution is 0.0946. The van der Waals surface area contributed by atoms with Gasteiger partial charge in [0.15, 0.2) is 0 Å². The summed E-state index contributed by atoms with van der Waals surface area (Å²) < 4.78 is 13.0. The van der Waals surface area contributed by atoms with Gasteiger partial charge in [0, 0.05) is 11.9 Å². The normalized spacial score (nSPS) is 12.2. The molecule has 2 aromatic rings. The molecule has 1 atom stereocenters. The molecule has 2 rings (SSSR count). The monoisotopic (exact) mass is 279 g/mol. The molecule has 0 aliphatic carbocycles. The van der Waals surface area contributed by atoms with Crippen LogP contribution >= 0.6 is 11.3 Å². The van der Waals surface area contributed by atoms with Crippen LogP contribution in [0.25, 0.3) is 0 Å². The number of hydrogen-bond acceptors (Lipinski definition) is 4. The highest BCUT2D eigenvalue weighted by molar-refractivity contribution is 7.09. The number of thiazole rings is 1. The Morgan fingerprint density at radius 3 is 3.00 bits per heavy atom. The molecule has 0 saturated heterocycles. The molecule has 19 heavy (non-hydrogen) atoms. The number of halogens is 1. The number of carbonyl (C=O) groups excluding carboxylic acids is 1. The van der Waals surface area contributed by atoms with Gasteiger partial charge in [-0.15, -0.1) is 11.3 Å². The van der Waals surface area contributed by atoms with Gasteiger partial charge < -0.3 is 11.1 Å². The van der Waals surface area contributed by atoms with Crippen LogP contribution in [0.15, 0.2) is 29.6 Å². The van der Waals surface area contributed by atoms with E-state index in [1.165, 1.54) is 23.5 Å². The molecule has 1 amide bonds. The largest absolute Gasteiger partial charge is 0.347 e. The van der Waals surface area contributed by atoms with Crippen molar-refractivity contribution < 1.29 is 9.18 Å². The van der Waals surface area contributed by atoms with Crippen LogP contribution in [0.2, 0.25) is 0 Å². The topological polar surface area (TPSA) is 68.0 Å². The molecule has 0 aliphatic rings. The van der Waals surface area contributed by atoms with Crippen molar-refractivity contribution in [3.8, 4) is 0 Å². The number of rotatable bonds is 4. The van der Waals surface area contributed by atoms with Crippen molar-refractivity contribution in [2.45, 2.75) is 19.5 Å². The molecule has 100 valence electrons. The van der Waals surface area contributed by atoms with Crippen molar-refractivity contribution >= 4 is 17.2 Å². The highest BCUT2D eigenvalue weighted by atomic mass is 32.1. The van der Waals surface area contributed by atoms with Crippen LogP contribution in [0, 0.1) is 5.82 Å². The van der Waals surface area contributed by atoms with E-state index in [9.17, 15) is 9.18 Å². The van der Waals surface area contributed by atoms with Crippen molar-refractivity contribution in [2.75, 3.05) is 0 Å². The minimum absolute atomic E-state index is 0.185. The van der Waals surface area contributed by atoms with Gasteiger partial charge in [-0.3, -0.25) is 4.79 Å². The van der Waals surface area contributed by atoms with Crippen molar-refractivity contribution in [1.82, 2.24) is 10.3 Å². The van der Waals surface area contributed by atoms with E-state index < -0.39 is 0 Å². The number of hydrogen-bond donors (Lipinski definition) is 2. The van der Waals surface area contributed by atoms with Gasteiger partial charge in [0.2, 0.25) is 0 Å². The lowest BCUT2D eigenvalue weighted by atomic mass is 10.2. The summed E-state index contributed by atoms with van der Waals surface area (Å²) in [5.74, 6) is -0.605. The quantitative estimate of drug-likeness (QED) is 0.901. The lowest BCUT2D eigenvalue weighted by Crippen LogP contribution is -2.23. The summed E-state index contributed by atoms with van der Waals surface area (Å²) in [4.78, 5) is 16.0. The van der Waals surface area contributed by atoms with Gasteiger partial charge in [-0.1, -0.05) is 12.1 Å². The van der Waals surface area contributed by atoms with Crippen molar-refractivity contribution in [3.05, 3.63) is 51.7 Å². The first-order valence-corrected chi connectivity index (χ1v) is 6.68. The Hall–Kier alpha value is -1.79. The van der Waals surface area contributed by atoms with Gasteiger partial charge >= 0.3 is 0 Å². The van der Waals surface area contributed by atoms with Gasteiger partial charge in [-0.05, 0) is 24.6 Å². The second-order valence-corrected chi connectivity index (χ2v) is 5.06. The Labute approximate surface area is 114 Å². The zero-order valence-corrected chi connectivity index (χ0v) is 11.2. The van der Waals surface area contributed by atoms with Crippen LogP contribution in [-0.4, -0.2) is 10.9 Å². The zero-order chi connectivity index (χ0) is 13.8. The molecule has 1 aromatic carbocycles. The third kappa shape index (κ3) is 3.59. The molecular weight excluding hydrogens is 265 g/mol. The molecular formula is C13H14FN3OS. The molecule has 0 radical (unpaired) electrons. The summed E-state index contributed by atoms with van der Waals surface area (Å²) in [5.41, 5.74) is 6.73. The fourth-order valence-electron chi connectivity index (χ4n) is 1.52. The standard InChI is InChI=1S/C13H14FN3OS/c1-8(15)13-17-11(7-19-13)12(18)16-6-9-3-2-4-10(14)5-9/h2-5,7-8H,6,15H2,1H3,(H,16,18). The first-order valence-electron chi connectivity index (χ1n) is 5.80. The molecule has 4 nitrogen and oxygen atoms in total. The summed E-state index contributed by atoms with van der Waals surface area (Å²) in [6.45, 7) is 2.08. The van der Waals surface area contributed by atoms with Crippen molar-refractivity contribution in [1.29, 1.82) is 0 Å².